The predicted octanol–water partition coefficient (Wildman–Crippen LogP) is 7.34. The molecule has 0 heterocycles. The maximum Gasteiger partial charge on any atom is 0.0842 e. The summed E-state index contributed by atoms with van der Waals surface area (Å²) in [6.07, 6.45) is 14.4. The maximum atomic E-state index is 2.35. The second kappa shape index (κ2) is 14.7. The summed E-state index contributed by atoms with van der Waals surface area (Å²) in [6, 6.07) is 11.3. The van der Waals surface area contributed by atoms with E-state index >= 15 is 0 Å². The van der Waals surface area contributed by atoms with E-state index in [1.165, 1.54) is 63.2 Å². The zero-order valence-electron chi connectivity index (χ0n) is 15.0. The van der Waals surface area contributed by atoms with Crippen LogP contribution in [0.2, 0.25) is 0 Å². The minimum absolute atomic E-state index is 0. The summed E-state index contributed by atoms with van der Waals surface area (Å²) >= 11 is 0. The lowest BCUT2D eigenvalue weighted by atomic mass is 10.2. The third-order valence-electron chi connectivity index (χ3n) is 4.32. The van der Waals surface area contributed by atoms with Gasteiger partial charge in [0.05, 0.1) is 24.6 Å². The zero-order chi connectivity index (χ0) is 14.7. The van der Waals surface area contributed by atoms with Crippen LogP contribution in [0.15, 0.2) is 30.3 Å². The Morgan fingerprint density at radius 2 is 1.14 bits per heavy atom. The van der Waals surface area contributed by atoms with E-state index in [0.29, 0.717) is 0 Å². The van der Waals surface area contributed by atoms with Gasteiger partial charge in [-0.3, -0.25) is 0 Å². The molecule has 0 saturated carbocycles. The molecular weight excluding hydrogens is 353 g/mol. The summed E-state index contributed by atoms with van der Waals surface area (Å²) in [5.41, 5.74) is 1.59. The maximum absolute atomic E-state index is 2.35. The SMILES string of the molecule is Br.CCCC[P+](CCCC)(CCCC)Cc1ccccc1.N. The molecule has 0 saturated heterocycles. The summed E-state index contributed by atoms with van der Waals surface area (Å²) in [5.74, 6) is 0. The van der Waals surface area contributed by atoms with Crippen LogP contribution in [0.1, 0.15) is 64.9 Å². The van der Waals surface area contributed by atoms with Crippen LogP contribution in [0.5, 0.6) is 0 Å². The second-order valence-electron chi connectivity index (χ2n) is 6.22. The molecule has 0 aliphatic rings. The number of hydrogen-bond acceptors (Lipinski definition) is 1. The number of rotatable bonds is 11. The van der Waals surface area contributed by atoms with E-state index < -0.39 is 7.26 Å². The van der Waals surface area contributed by atoms with Crippen molar-refractivity contribution in [3.05, 3.63) is 35.9 Å². The van der Waals surface area contributed by atoms with E-state index in [1.807, 2.05) is 0 Å². The van der Waals surface area contributed by atoms with Crippen LogP contribution >= 0.6 is 24.2 Å². The van der Waals surface area contributed by atoms with Gasteiger partial charge in [-0.05, 0) is 24.8 Å². The Labute approximate surface area is 150 Å². The first kappa shape index (κ1) is 24.3. The minimum Gasteiger partial charge on any atom is -0.344 e. The van der Waals surface area contributed by atoms with Gasteiger partial charge >= 0.3 is 0 Å². The lowest BCUT2D eigenvalue weighted by molar-refractivity contribution is 0.832. The Morgan fingerprint density at radius 1 is 0.727 bits per heavy atom. The summed E-state index contributed by atoms with van der Waals surface area (Å²) in [6.45, 7) is 7.03. The summed E-state index contributed by atoms with van der Waals surface area (Å²) in [5, 5.41) is 0. The number of unbranched alkanes of at least 4 members (excludes halogenated alkanes) is 3. The third kappa shape index (κ3) is 9.28. The highest BCUT2D eigenvalue weighted by Gasteiger charge is 2.35. The quantitative estimate of drug-likeness (QED) is 0.393. The lowest BCUT2D eigenvalue weighted by Gasteiger charge is -2.28. The molecule has 0 radical (unpaired) electrons. The number of benzene rings is 1. The highest BCUT2D eigenvalue weighted by Crippen LogP contribution is 2.63. The Hall–Kier alpha value is 0.0900. The van der Waals surface area contributed by atoms with Crippen molar-refractivity contribution < 1.29 is 0 Å². The summed E-state index contributed by atoms with van der Waals surface area (Å²) in [7, 11) is -0.768. The molecular formula is C19H38BrNP+. The molecule has 0 spiro atoms. The molecule has 0 bridgehead atoms. The molecule has 0 fully saturated rings. The smallest absolute Gasteiger partial charge is 0.0842 e. The minimum atomic E-state index is -0.768. The van der Waals surface area contributed by atoms with Gasteiger partial charge in [-0.2, -0.15) is 0 Å². The van der Waals surface area contributed by atoms with Crippen LogP contribution in [-0.2, 0) is 6.16 Å². The van der Waals surface area contributed by atoms with Gasteiger partial charge in [-0.1, -0.05) is 70.4 Å². The molecule has 3 heteroatoms. The summed E-state index contributed by atoms with van der Waals surface area (Å²) < 4.78 is 0. The molecule has 22 heavy (non-hydrogen) atoms. The van der Waals surface area contributed by atoms with Crippen LogP contribution < -0.4 is 6.15 Å². The molecule has 130 valence electrons. The molecule has 1 aromatic rings. The Balaban J connectivity index is 0. The fourth-order valence-electron chi connectivity index (χ4n) is 3.02. The van der Waals surface area contributed by atoms with Gasteiger partial charge in [0, 0.05) is 7.26 Å². The average molecular weight is 391 g/mol. The van der Waals surface area contributed by atoms with Gasteiger partial charge in [0.15, 0.2) is 0 Å². The van der Waals surface area contributed by atoms with E-state index in [2.05, 4.69) is 51.1 Å². The van der Waals surface area contributed by atoms with Gasteiger partial charge in [0.1, 0.15) is 0 Å². The molecule has 3 N–H and O–H groups in total. The van der Waals surface area contributed by atoms with Crippen LogP contribution in [-0.4, -0.2) is 18.5 Å². The first-order valence-corrected chi connectivity index (χ1v) is 11.2. The van der Waals surface area contributed by atoms with Crippen molar-refractivity contribution >= 4 is 24.2 Å². The predicted molar refractivity (Wildman–Crippen MR) is 112 cm³/mol. The third-order valence-corrected chi connectivity index (χ3v) is 9.15. The number of halogens is 1. The van der Waals surface area contributed by atoms with Crippen LogP contribution in [0.3, 0.4) is 0 Å². The monoisotopic (exact) mass is 390 g/mol. The van der Waals surface area contributed by atoms with Gasteiger partial charge in [0.2, 0.25) is 0 Å². The molecule has 0 aliphatic heterocycles. The molecule has 1 rings (SSSR count). The average Bonchev–Trinajstić information content (AvgIpc) is 2.49. The topological polar surface area (TPSA) is 35.0 Å². The van der Waals surface area contributed by atoms with E-state index in [0.717, 1.165) is 0 Å². The molecule has 0 atom stereocenters. The van der Waals surface area contributed by atoms with E-state index in [9.17, 15) is 0 Å². The highest BCUT2D eigenvalue weighted by molar-refractivity contribution is 8.93. The molecule has 1 aromatic carbocycles. The van der Waals surface area contributed by atoms with E-state index in [-0.39, 0.29) is 23.1 Å². The van der Waals surface area contributed by atoms with Crippen LogP contribution in [0.4, 0.5) is 0 Å². The van der Waals surface area contributed by atoms with Gasteiger partial charge in [0.25, 0.3) is 0 Å². The second-order valence-corrected chi connectivity index (χ2v) is 10.6. The number of hydrogen-bond donors (Lipinski definition) is 1. The highest BCUT2D eigenvalue weighted by atomic mass is 79.9. The van der Waals surface area contributed by atoms with Crippen molar-refractivity contribution in [2.75, 3.05) is 18.5 Å². The normalized spacial score (nSPS) is 10.7. The largest absolute Gasteiger partial charge is 0.344 e. The van der Waals surface area contributed by atoms with Gasteiger partial charge < -0.3 is 6.15 Å². The molecule has 1 nitrogen and oxygen atoms in total. The first-order valence-electron chi connectivity index (χ1n) is 8.65. The first-order chi connectivity index (χ1) is 9.76. The lowest BCUT2D eigenvalue weighted by Crippen LogP contribution is -2.11. The van der Waals surface area contributed by atoms with Gasteiger partial charge in [-0.15, -0.1) is 17.0 Å². The molecule has 0 unspecified atom stereocenters. The van der Waals surface area contributed by atoms with Crippen molar-refractivity contribution in [1.29, 1.82) is 0 Å². The van der Waals surface area contributed by atoms with Crippen molar-refractivity contribution in [1.82, 2.24) is 6.15 Å². The van der Waals surface area contributed by atoms with Crippen molar-refractivity contribution in [2.45, 2.75) is 65.5 Å². The molecule has 0 aromatic heterocycles. The molecule has 0 amide bonds. The Kier molecular flexibility index (Phi) is 16.2. The standard InChI is InChI=1S/C19H34P.BrH.H3N/c1-4-7-15-20(16-8-5-2,17-9-6-3)18-19-13-11-10-12-14-19;;/h10-14H,4-9,15-18H2,1-3H3;1H;1H3/q+1;;. The Bertz CT molecular complexity index is 321. The summed E-state index contributed by atoms with van der Waals surface area (Å²) in [4.78, 5) is 0. The Morgan fingerprint density at radius 3 is 1.50 bits per heavy atom. The van der Waals surface area contributed by atoms with E-state index in [1.54, 1.807) is 5.56 Å². The van der Waals surface area contributed by atoms with E-state index in [4.69, 9.17) is 0 Å². The molecule has 0 aliphatic carbocycles. The van der Waals surface area contributed by atoms with Crippen molar-refractivity contribution in [3.63, 3.8) is 0 Å². The fourth-order valence-corrected chi connectivity index (χ4v) is 8.12. The van der Waals surface area contributed by atoms with Crippen molar-refractivity contribution in [2.24, 2.45) is 0 Å². The van der Waals surface area contributed by atoms with Crippen LogP contribution in [0.25, 0.3) is 0 Å². The van der Waals surface area contributed by atoms with Crippen LogP contribution in [0, 0.1) is 0 Å². The zero-order valence-corrected chi connectivity index (χ0v) is 17.6. The fraction of sp³-hybridized carbons (Fsp3) is 0.684. The van der Waals surface area contributed by atoms with Gasteiger partial charge in [-0.25, -0.2) is 0 Å². The van der Waals surface area contributed by atoms with Crippen molar-refractivity contribution in [3.8, 4) is 0 Å².